The van der Waals surface area contributed by atoms with E-state index < -0.39 is 55.7 Å². The Labute approximate surface area is 326 Å². The fraction of sp³-hybridized carbons (Fsp3) is 0.308. The fourth-order valence-electron chi connectivity index (χ4n) is 6.45. The van der Waals surface area contributed by atoms with Gasteiger partial charge in [0.2, 0.25) is 8.32 Å². The van der Waals surface area contributed by atoms with Crippen LogP contribution in [0.5, 0.6) is 0 Å². The van der Waals surface area contributed by atoms with Crippen molar-refractivity contribution in [3.8, 4) is 0 Å². The number of cyclic esters (lactones) is 2. The first-order valence-electron chi connectivity index (χ1n) is 16.9. The minimum atomic E-state index is -1.28. The van der Waals surface area contributed by atoms with Gasteiger partial charge in [0.1, 0.15) is 31.1 Å². The number of nitrogens with one attached hydrogen (secondary N) is 2. The minimum absolute atomic E-state index is 0.0504. The second-order valence-electron chi connectivity index (χ2n) is 13.3. The van der Waals surface area contributed by atoms with Crippen LogP contribution in [0.1, 0.15) is 42.4 Å². The van der Waals surface area contributed by atoms with Crippen molar-refractivity contribution in [2.45, 2.75) is 51.7 Å². The highest BCUT2D eigenvalue weighted by Gasteiger charge is 2.44. The number of hydrogen-bond acceptors (Lipinski definition) is 12. The van der Waals surface area contributed by atoms with Gasteiger partial charge in [-0.2, -0.15) is 0 Å². The van der Waals surface area contributed by atoms with Gasteiger partial charge in [-0.15, -0.1) is 0 Å². The van der Waals surface area contributed by atoms with Gasteiger partial charge in [0.25, 0.3) is 0 Å². The highest BCUT2D eigenvalue weighted by Crippen LogP contribution is 2.45. The molecule has 2 aromatic rings. The van der Waals surface area contributed by atoms with E-state index in [4.69, 9.17) is 23.4 Å². The minimum Gasteiger partial charge on any atom is -0.550 e. The Bertz CT molecular complexity index is 2070. The second kappa shape index (κ2) is 17.9. The molecule has 16 heteroatoms. The van der Waals surface area contributed by atoms with Crippen LogP contribution in [0.25, 0.3) is 0 Å². The molecule has 6 rings (SSSR count). The molecule has 12 nitrogen and oxygen atoms in total. The van der Waals surface area contributed by atoms with Crippen molar-refractivity contribution in [1.82, 2.24) is 10.6 Å². The maximum Gasteiger partial charge on any atom is 0.337 e. The van der Waals surface area contributed by atoms with Crippen LogP contribution in [-0.2, 0) is 53.8 Å². The molecule has 0 saturated heterocycles. The molecule has 4 heterocycles. The van der Waals surface area contributed by atoms with E-state index in [0.29, 0.717) is 45.8 Å². The molecular formula is C39H41BrF2N2O10Si. The first kappa shape index (κ1) is 42.4. The van der Waals surface area contributed by atoms with Crippen LogP contribution in [-0.4, -0.2) is 65.9 Å². The van der Waals surface area contributed by atoms with Crippen molar-refractivity contribution in [3.05, 3.63) is 127 Å². The highest BCUT2D eigenvalue weighted by atomic mass is 79.9. The van der Waals surface area contributed by atoms with Gasteiger partial charge >= 0.3 is 23.9 Å². The number of allylic oxidation sites excluding steroid dienone is 2. The lowest BCUT2D eigenvalue weighted by atomic mass is 9.78. The zero-order chi connectivity index (χ0) is 40.8. The zero-order valence-corrected chi connectivity index (χ0v) is 33.9. The molecule has 292 valence electrons. The van der Waals surface area contributed by atoms with Crippen molar-refractivity contribution >= 4 is 54.4 Å². The van der Waals surface area contributed by atoms with Crippen LogP contribution in [0.15, 0.2) is 98.8 Å². The van der Waals surface area contributed by atoms with E-state index in [0.717, 1.165) is 0 Å². The first-order chi connectivity index (χ1) is 26.0. The standard InChI is InChI=1S/C18H16FNO5.C16H13BrFNO4.C5H12OSi/c1-9-14(17(22)24-2)15(16-13(20-9)8-25-18(16)23)11-4-3-5-12(19)10(11)6-7-21;1-7-11(15(20)22-2)12(8-4-3-5-9(18)14(8)17)13-10(19-7)6-23-16(13)21;1-5-6-7(2,3)4/h3-5,7,15,20H,6,8H2,1-2H3;3-5,12,19H,6H2,1-2H3;5H,1H2,2-4H3/t15-;12-;/m00./s1. The molecule has 0 aromatic heterocycles. The smallest absolute Gasteiger partial charge is 0.337 e. The van der Waals surface area contributed by atoms with Gasteiger partial charge in [0.15, 0.2) is 0 Å². The third kappa shape index (κ3) is 9.13. The van der Waals surface area contributed by atoms with Gasteiger partial charge in [-0.3, -0.25) is 0 Å². The lowest BCUT2D eigenvalue weighted by Gasteiger charge is -2.28. The predicted octanol–water partition coefficient (Wildman–Crippen LogP) is 6.03. The molecule has 4 aliphatic rings. The molecule has 0 bridgehead atoms. The van der Waals surface area contributed by atoms with Crippen molar-refractivity contribution in [3.63, 3.8) is 0 Å². The molecule has 0 spiro atoms. The number of hydrogen-bond donors (Lipinski definition) is 2. The molecule has 0 radical (unpaired) electrons. The average Bonchev–Trinajstić information content (AvgIpc) is 3.69. The molecule has 0 aliphatic carbocycles. The fourth-order valence-corrected chi connectivity index (χ4v) is 7.45. The number of carbonyl (C=O) groups is 5. The van der Waals surface area contributed by atoms with Gasteiger partial charge in [-0.05, 0) is 78.2 Å². The Morgan fingerprint density at radius 3 is 1.73 bits per heavy atom. The van der Waals surface area contributed by atoms with Gasteiger partial charge in [0, 0.05) is 17.8 Å². The summed E-state index contributed by atoms with van der Waals surface area (Å²) in [5, 5.41) is 6.00. The molecule has 0 fully saturated rings. The van der Waals surface area contributed by atoms with E-state index in [2.05, 4.69) is 52.8 Å². The van der Waals surface area contributed by atoms with Crippen LogP contribution in [0, 0.1) is 11.6 Å². The SMILES string of the molecule is C=CO[Si](C)(C)C.COC(=O)C1=C(C)NC2=C(C(=O)OC2)[C@H]1c1cccc(F)c1Br.COC(=O)C1=C(C)NC2=C(C(=O)OC2)[C@H]1c1cccc(F)c1CC=O. The Morgan fingerprint density at radius 2 is 1.31 bits per heavy atom. The molecule has 2 aromatic carbocycles. The Morgan fingerprint density at radius 1 is 0.855 bits per heavy atom. The lowest BCUT2D eigenvalue weighted by molar-refractivity contribution is -0.138. The topological polar surface area (TPSA) is 156 Å². The monoisotopic (exact) mass is 842 g/mol. The second-order valence-corrected chi connectivity index (χ2v) is 18.6. The quantitative estimate of drug-likeness (QED) is 0.105. The summed E-state index contributed by atoms with van der Waals surface area (Å²) in [7, 11) is 1.22. The normalized spacial score (nSPS) is 18.6. The molecule has 55 heavy (non-hydrogen) atoms. The summed E-state index contributed by atoms with van der Waals surface area (Å²) in [5.41, 5.74) is 4.15. The van der Waals surface area contributed by atoms with E-state index in [1.165, 1.54) is 44.7 Å². The van der Waals surface area contributed by atoms with Crippen molar-refractivity contribution in [1.29, 1.82) is 0 Å². The number of aldehydes is 1. The van der Waals surface area contributed by atoms with Gasteiger partial charge in [-0.1, -0.05) is 30.8 Å². The zero-order valence-electron chi connectivity index (χ0n) is 31.3. The lowest BCUT2D eigenvalue weighted by Crippen LogP contribution is -2.30. The summed E-state index contributed by atoms with van der Waals surface area (Å²) in [4.78, 5) is 60.0. The third-order valence-electron chi connectivity index (χ3n) is 8.72. The largest absolute Gasteiger partial charge is 0.550 e. The Balaban J connectivity index is 0.000000210. The average molecular weight is 844 g/mol. The van der Waals surface area contributed by atoms with Crippen LogP contribution in [0.3, 0.4) is 0 Å². The van der Waals surface area contributed by atoms with Crippen molar-refractivity contribution < 1.29 is 56.1 Å². The van der Waals surface area contributed by atoms with Gasteiger partial charge in [0.05, 0.1) is 70.5 Å². The number of esters is 4. The molecule has 2 atom stereocenters. The first-order valence-corrected chi connectivity index (χ1v) is 21.1. The third-order valence-corrected chi connectivity index (χ3v) is 10.4. The molecule has 0 saturated carbocycles. The predicted molar refractivity (Wildman–Crippen MR) is 202 cm³/mol. The summed E-state index contributed by atoms with van der Waals surface area (Å²) >= 11 is 3.21. The molecule has 0 unspecified atom stereocenters. The van der Waals surface area contributed by atoms with E-state index in [9.17, 15) is 32.8 Å². The highest BCUT2D eigenvalue weighted by molar-refractivity contribution is 9.10. The van der Waals surface area contributed by atoms with Crippen LogP contribution in [0.2, 0.25) is 19.6 Å². The molecule has 4 aliphatic heterocycles. The number of carbonyl (C=O) groups excluding carboxylic acids is 5. The van der Waals surface area contributed by atoms with E-state index >= 15 is 0 Å². The van der Waals surface area contributed by atoms with Crippen LogP contribution < -0.4 is 10.6 Å². The maximum absolute atomic E-state index is 14.3. The Kier molecular flexibility index (Phi) is 13.8. The number of ether oxygens (including phenoxy) is 4. The summed E-state index contributed by atoms with van der Waals surface area (Å²) in [6, 6.07) is 8.80. The van der Waals surface area contributed by atoms with Crippen LogP contribution in [0.4, 0.5) is 8.78 Å². The van der Waals surface area contributed by atoms with Gasteiger partial charge in [-0.25, -0.2) is 28.0 Å². The maximum atomic E-state index is 14.3. The van der Waals surface area contributed by atoms with Crippen molar-refractivity contribution in [2.75, 3.05) is 27.4 Å². The molecule has 0 amide bonds. The number of dihydropyridines is 2. The van der Waals surface area contributed by atoms with Gasteiger partial charge < -0.3 is 38.8 Å². The summed E-state index contributed by atoms with van der Waals surface area (Å²) in [6.07, 6.45) is 1.93. The number of methoxy groups -OCH3 is 2. The summed E-state index contributed by atoms with van der Waals surface area (Å²) < 4.78 is 53.4. The number of halogens is 3. The summed E-state index contributed by atoms with van der Waals surface area (Å²) in [5.74, 6) is -4.98. The number of benzene rings is 2. The molecular weight excluding hydrogens is 802 g/mol. The van der Waals surface area contributed by atoms with E-state index in [1.54, 1.807) is 26.0 Å². The summed E-state index contributed by atoms with van der Waals surface area (Å²) in [6.45, 7) is 13.3. The van der Waals surface area contributed by atoms with Crippen LogP contribution >= 0.6 is 15.9 Å². The number of rotatable bonds is 8. The Hall–Kier alpha value is -5.35. The van der Waals surface area contributed by atoms with E-state index in [1.807, 2.05) is 0 Å². The van der Waals surface area contributed by atoms with E-state index in [-0.39, 0.29) is 46.4 Å². The molecule has 2 N–H and O–H groups in total. The van der Waals surface area contributed by atoms with Crippen molar-refractivity contribution in [2.24, 2.45) is 0 Å².